The van der Waals surface area contributed by atoms with E-state index in [1.165, 1.54) is 0 Å². The topological polar surface area (TPSA) is 46.5 Å². The van der Waals surface area contributed by atoms with Crippen molar-refractivity contribution in [2.24, 2.45) is 5.92 Å². The molecular formula is C10H10Cl2NO2-. The minimum absolute atomic E-state index is 0.158. The molecule has 82 valence electrons. The van der Waals surface area contributed by atoms with Crippen LogP contribution in [0.5, 0.6) is 0 Å². The van der Waals surface area contributed by atoms with Crippen LogP contribution in [0.3, 0.4) is 0 Å². The van der Waals surface area contributed by atoms with Crippen LogP contribution in [0.4, 0.5) is 5.69 Å². The summed E-state index contributed by atoms with van der Waals surface area (Å²) in [5.74, 6) is 0.296. The van der Waals surface area contributed by atoms with E-state index >= 15 is 0 Å². The van der Waals surface area contributed by atoms with Crippen LogP contribution >= 0.6 is 23.2 Å². The van der Waals surface area contributed by atoms with Gasteiger partial charge in [0, 0.05) is 0 Å². The molecule has 0 spiro atoms. The summed E-state index contributed by atoms with van der Waals surface area (Å²) in [6.45, 7) is 0. The lowest BCUT2D eigenvalue weighted by atomic mass is 10.1. The number of rotatable bonds is 3. The average molecular weight is 247 g/mol. The number of alkyl halides is 2. The van der Waals surface area contributed by atoms with Gasteiger partial charge in [-0.05, 0) is 36.5 Å². The number of benzene rings is 1. The molecule has 1 fully saturated rings. The predicted octanol–water partition coefficient (Wildman–Crippen LogP) is 3.12. The molecule has 1 aromatic rings. The molecule has 1 aromatic carbocycles. The molecule has 0 heterocycles. The van der Waals surface area contributed by atoms with Crippen molar-refractivity contribution in [2.75, 3.05) is 5.23 Å². The molecule has 1 aliphatic carbocycles. The van der Waals surface area contributed by atoms with Gasteiger partial charge in [0.2, 0.25) is 0 Å². The van der Waals surface area contributed by atoms with Crippen LogP contribution in [0.1, 0.15) is 12.0 Å². The Hall–Kier alpha value is -0.480. The average Bonchev–Trinajstić information content (AvgIpc) is 2.74. The first-order valence-electron chi connectivity index (χ1n) is 4.62. The fraction of sp³-hybridized carbons (Fsp3) is 0.400. The highest BCUT2D eigenvalue weighted by molar-refractivity contribution is 6.50. The number of hydrogen-bond donors (Lipinski definition) is 1. The second-order valence-corrected chi connectivity index (χ2v) is 5.35. The van der Waals surface area contributed by atoms with Gasteiger partial charge in [0.1, 0.15) is 4.33 Å². The maximum atomic E-state index is 10.5. The van der Waals surface area contributed by atoms with Gasteiger partial charge in [-0.25, -0.2) is 0 Å². The van der Waals surface area contributed by atoms with Gasteiger partial charge < -0.3 is 10.4 Å². The maximum absolute atomic E-state index is 10.5. The zero-order valence-corrected chi connectivity index (χ0v) is 9.37. The molecule has 1 N–H and O–H groups in total. The van der Waals surface area contributed by atoms with Crippen LogP contribution in [0.15, 0.2) is 24.3 Å². The summed E-state index contributed by atoms with van der Waals surface area (Å²) in [4.78, 5) is 0. The summed E-state index contributed by atoms with van der Waals surface area (Å²) in [6, 6.07) is 6.71. The summed E-state index contributed by atoms with van der Waals surface area (Å²) < 4.78 is -0.569. The standard InChI is InChI=1S/C10H10Cl2NO2/c11-10(12)6-8(10)5-7-1-3-9(4-2-7)13(14)15/h1-4,8,14H,5-6H2/q-1/t8-/m1/s1. The highest BCUT2D eigenvalue weighted by Gasteiger charge is 2.51. The third-order valence-corrected chi connectivity index (χ3v) is 3.52. The highest BCUT2D eigenvalue weighted by Crippen LogP contribution is 2.54. The van der Waals surface area contributed by atoms with Crippen molar-refractivity contribution in [3.8, 4) is 0 Å². The minimum atomic E-state index is -0.569. The van der Waals surface area contributed by atoms with Crippen LogP contribution in [0.25, 0.3) is 0 Å². The lowest BCUT2D eigenvalue weighted by Gasteiger charge is -2.21. The Balaban J connectivity index is 1.99. The zero-order valence-electron chi connectivity index (χ0n) is 7.86. The van der Waals surface area contributed by atoms with Crippen LogP contribution in [-0.4, -0.2) is 9.54 Å². The second kappa shape index (κ2) is 3.83. The number of anilines is 1. The smallest absolute Gasteiger partial charge is 0.121 e. The largest absolute Gasteiger partial charge is 0.733 e. The molecule has 1 aliphatic rings. The summed E-state index contributed by atoms with van der Waals surface area (Å²) in [7, 11) is 0. The minimum Gasteiger partial charge on any atom is -0.733 e. The molecular weight excluding hydrogens is 237 g/mol. The van der Waals surface area contributed by atoms with E-state index in [1.54, 1.807) is 24.3 Å². The number of hydrogen-bond acceptors (Lipinski definition) is 3. The van der Waals surface area contributed by atoms with E-state index in [1.807, 2.05) is 0 Å². The van der Waals surface area contributed by atoms with Gasteiger partial charge in [-0.2, -0.15) is 0 Å². The quantitative estimate of drug-likeness (QED) is 0.659. The first kappa shape index (κ1) is 11.0. The van der Waals surface area contributed by atoms with Crippen molar-refractivity contribution in [3.63, 3.8) is 0 Å². The van der Waals surface area contributed by atoms with Crippen LogP contribution in [0.2, 0.25) is 0 Å². The summed E-state index contributed by atoms with van der Waals surface area (Å²) in [5, 5.41) is 19.0. The Morgan fingerprint density at radius 1 is 1.40 bits per heavy atom. The molecule has 0 radical (unpaired) electrons. The lowest BCUT2D eigenvalue weighted by molar-refractivity contribution is 0.296. The van der Waals surface area contributed by atoms with Gasteiger partial charge in [0.15, 0.2) is 0 Å². The molecule has 2 rings (SSSR count). The Morgan fingerprint density at radius 2 is 1.93 bits per heavy atom. The molecule has 1 atom stereocenters. The van der Waals surface area contributed by atoms with Crippen LogP contribution in [0, 0.1) is 11.1 Å². The van der Waals surface area contributed by atoms with Crippen molar-refractivity contribution in [3.05, 3.63) is 35.0 Å². The molecule has 5 heteroatoms. The van der Waals surface area contributed by atoms with Crippen molar-refractivity contribution in [2.45, 2.75) is 17.2 Å². The molecule has 0 aromatic heterocycles. The van der Waals surface area contributed by atoms with E-state index in [0.717, 1.165) is 18.4 Å². The molecule has 0 aliphatic heterocycles. The van der Waals surface area contributed by atoms with Crippen molar-refractivity contribution < 1.29 is 5.21 Å². The summed E-state index contributed by atoms with van der Waals surface area (Å²) in [5.41, 5.74) is 1.28. The Kier molecular flexibility index (Phi) is 2.81. The Bertz CT molecular complexity index is 351. The van der Waals surface area contributed by atoms with Gasteiger partial charge in [-0.3, -0.25) is 5.21 Å². The van der Waals surface area contributed by atoms with Gasteiger partial charge in [-0.1, -0.05) is 12.1 Å². The van der Waals surface area contributed by atoms with Gasteiger partial charge in [0.25, 0.3) is 0 Å². The maximum Gasteiger partial charge on any atom is 0.121 e. The van der Waals surface area contributed by atoms with E-state index < -0.39 is 4.33 Å². The molecule has 0 amide bonds. The molecule has 3 nitrogen and oxygen atoms in total. The third-order valence-electron chi connectivity index (χ3n) is 2.60. The van der Waals surface area contributed by atoms with Crippen molar-refractivity contribution in [1.29, 1.82) is 0 Å². The van der Waals surface area contributed by atoms with E-state index in [4.69, 9.17) is 28.4 Å². The molecule has 0 bridgehead atoms. The Morgan fingerprint density at radius 3 is 2.33 bits per heavy atom. The molecule has 0 saturated heterocycles. The van der Waals surface area contributed by atoms with Crippen molar-refractivity contribution >= 4 is 28.9 Å². The molecule has 0 unspecified atom stereocenters. The van der Waals surface area contributed by atoms with E-state index in [9.17, 15) is 5.21 Å². The van der Waals surface area contributed by atoms with Crippen LogP contribution in [-0.2, 0) is 6.42 Å². The SMILES string of the molecule is [O-]N(O)c1ccc(C[C@@H]2CC2(Cl)Cl)cc1. The lowest BCUT2D eigenvalue weighted by Crippen LogP contribution is -2.06. The molecule has 15 heavy (non-hydrogen) atoms. The predicted molar refractivity (Wildman–Crippen MR) is 60.3 cm³/mol. The third kappa shape index (κ3) is 2.55. The Labute approximate surface area is 97.7 Å². The normalized spacial score (nSPS) is 22.5. The van der Waals surface area contributed by atoms with Gasteiger partial charge in [0.05, 0.1) is 5.69 Å². The van der Waals surface area contributed by atoms with Crippen molar-refractivity contribution in [1.82, 2.24) is 0 Å². The van der Waals surface area contributed by atoms with E-state index in [-0.39, 0.29) is 10.9 Å². The fourth-order valence-corrected chi connectivity index (χ4v) is 2.06. The van der Waals surface area contributed by atoms with E-state index in [2.05, 4.69) is 0 Å². The number of halogens is 2. The first-order valence-corrected chi connectivity index (χ1v) is 5.37. The summed E-state index contributed by atoms with van der Waals surface area (Å²) in [6.07, 6.45) is 1.61. The monoisotopic (exact) mass is 246 g/mol. The van der Waals surface area contributed by atoms with Gasteiger partial charge in [-0.15, -0.1) is 23.2 Å². The first-order chi connectivity index (χ1) is 6.99. The zero-order chi connectivity index (χ0) is 11.1. The summed E-state index contributed by atoms with van der Waals surface area (Å²) >= 11 is 11.8. The number of nitrogens with zero attached hydrogens (tertiary/aromatic N) is 1. The van der Waals surface area contributed by atoms with Crippen LogP contribution < -0.4 is 5.23 Å². The highest BCUT2D eigenvalue weighted by atomic mass is 35.5. The second-order valence-electron chi connectivity index (χ2n) is 3.81. The van der Waals surface area contributed by atoms with E-state index in [0.29, 0.717) is 5.92 Å². The fourth-order valence-electron chi connectivity index (χ4n) is 1.54. The van der Waals surface area contributed by atoms with Gasteiger partial charge >= 0.3 is 0 Å². The molecule has 1 saturated carbocycles.